The number of alkyl halides is 3. The fourth-order valence-corrected chi connectivity index (χ4v) is 3.11. The molecule has 9 heteroatoms. The normalized spacial score (nSPS) is 17.2. The third kappa shape index (κ3) is 4.87. The van der Waals surface area contributed by atoms with Crippen LogP contribution in [-0.2, 0) is 20.6 Å². The molecule has 1 amide bonds. The number of carbonyl (C=O) groups excluding carboxylic acids is 2. The molecule has 1 heterocycles. The monoisotopic (exact) mass is 387 g/mol. The largest absolute Gasteiger partial charge is 0.479 e. The molecular weight excluding hydrogens is 371 g/mol. The van der Waals surface area contributed by atoms with E-state index >= 15 is 0 Å². The van der Waals surface area contributed by atoms with Gasteiger partial charge in [0, 0.05) is 25.6 Å². The summed E-state index contributed by atoms with van der Waals surface area (Å²) in [5, 5.41) is 9.17. The number of carboxylic acid groups (broad SMARTS) is 1. The third-order valence-electron chi connectivity index (χ3n) is 3.81. The Labute approximate surface area is 151 Å². The van der Waals surface area contributed by atoms with Crippen molar-refractivity contribution < 1.29 is 32.7 Å². The molecule has 1 aliphatic heterocycles. The van der Waals surface area contributed by atoms with Crippen LogP contribution in [0.1, 0.15) is 24.5 Å². The van der Waals surface area contributed by atoms with Gasteiger partial charge in [-0.15, -0.1) is 0 Å². The van der Waals surface area contributed by atoms with Gasteiger partial charge in [0.05, 0.1) is 5.56 Å². The number of hydrogen-bond donors (Lipinski definition) is 1. The number of amides is 1. The van der Waals surface area contributed by atoms with Crippen LogP contribution in [-0.4, -0.2) is 45.3 Å². The molecule has 1 aliphatic rings. The highest BCUT2D eigenvalue weighted by molar-refractivity contribution is 8.13. The zero-order valence-electron chi connectivity index (χ0n) is 13.7. The van der Waals surface area contributed by atoms with E-state index in [1.54, 1.807) is 0 Å². The van der Waals surface area contributed by atoms with Gasteiger partial charge in [-0.05, 0) is 29.3 Å². The molecule has 1 aromatic rings. The molecule has 0 saturated carbocycles. The lowest BCUT2D eigenvalue weighted by Crippen LogP contribution is -2.41. The van der Waals surface area contributed by atoms with Crippen LogP contribution in [0.15, 0.2) is 30.3 Å². The van der Waals surface area contributed by atoms with Crippen LogP contribution in [0.3, 0.4) is 0 Å². The van der Waals surface area contributed by atoms with Crippen LogP contribution in [0.5, 0.6) is 0 Å². The molecule has 0 bridgehead atoms. The molecule has 1 atom stereocenters. The van der Waals surface area contributed by atoms with Gasteiger partial charge in [-0.2, -0.15) is 13.2 Å². The van der Waals surface area contributed by atoms with Crippen molar-refractivity contribution in [3.63, 3.8) is 0 Å². The average molecular weight is 387 g/mol. The zero-order valence-corrected chi connectivity index (χ0v) is 14.6. The maximum atomic E-state index is 12.6. The van der Waals surface area contributed by atoms with Gasteiger partial charge in [0.1, 0.15) is 6.04 Å². The lowest BCUT2D eigenvalue weighted by Gasteiger charge is -2.21. The van der Waals surface area contributed by atoms with Crippen LogP contribution in [0.4, 0.5) is 13.2 Å². The highest BCUT2D eigenvalue weighted by Crippen LogP contribution is 2.32. The molecule has 0 aromatic heterocycles. The fourth-order valence-electron chi connectivity index (χ4n) is 2.55. The highest BCUT2D eigenvalue weighted by atomic mass is 32.2. The lowest BCUT2D eigenvalue weighted by atomic mass is 10.0. The molecule has 0 radical (unpaired) electrons. The van der Waals surface area contributed by atoms with Crippen molar-refractivity contribution in [3.05, 3.63) is 41.5 Å². The number of benzene rings is 1. The summed E-state index contributed by atoms with van der Waals surface area (Å²) < 4.78 is 37.9. The van der Waals surface area contributed by atoms with Crippen LogP contribution in [0.25, 0.3) is 5.57 Å². The number of rotatable bonds is 5. The predicted molar refractivity (Wildman–Crippen MR) is 90.3 cm³/mol. The smallest absolute Gasteiger partial charge is 0.416 e. The van der Waals surface area contributed by atoms with Gasteiger partial charge in [0.15, 0.2) is 5.12 Å². The maximum absolute atomic E-state index is 12.6. The summed E-state index contributed by atoms with van der Waals surface area (Å²) >= 11 is 0.972. The summed E-state index contributed by atoms with van der Waals surface area (Å²) in [5.74, 6) is -1.41. The van der Waals surface area contributed by atoms with Gasteiger partial charge in [-0.3, -0.25) is 9.59 Å². The summed E-state index contributed by atoms with van der Waals surface area (Å²) in [5.41, 5.74) is 0.0974. The van der Waals surface area contributed by atoms with Gasteiger partial charge >= 0.3 is 12.1 Å². The second-order valence-corrected chi connectivity index (χ2v) is 6.93. The maximum Gasteiger partial charge on any atom is 0.416 e. The molecule has 0 aliphatic carbocycles. The molecule has 1 aromatic carbocycles. The molecule has 0 spiro atoms. The number of carbonyl (C=O) groups is 3. The van der Waals surface area contributed by atoms with Crippen molar-refractivity contribution in [1.29, 1.82) is 0 Å². The Hall–Kier alpha value is -2.29. The minimum Gasteiger partial charge on any atom is -0.479 e. The number of halogens is 3. The molecule has 0 saturated heterocycles. The topological polar surface area (TPSA) is 74.7 Å². The van der Waals surface area contributed by atoms with Crippen molar-refractivity contribution in [2.75, 3.05) is 12.3 Å². The quantitative estimate of drug-likeness (QED) is 0.841. The number of hydrogen-bond acceptors (Lipinski definition) is 4. The Morgan fingerprint density at radius 3 is 2.35 bits per heavy atom. The summed E-state index contributed by atoms with van der Waals surface area (Å²) in [4.78, 5) is 35.7. The van der Waals surface area contributed by atoms with E-state index in [0.717, 1.165) is 28.8 Å². The number of nitrogens with zero attached hydrogens (tertiary/aromatic N) is 1. The molecule has 26 heavy (non-hydrogen) atoms. The number of aliphatic carboxylic acids is 1. The predicted octanol–water partition coefficient (Wildman–Crippen LogP) is 3.05. The second kappa shape index (κ2) is 7.94. The van der Waals surface area contributed by atoms with Gasteiger partial charge in [-0.1, -0.05) is 23.9 Å². The molecule has 2 rings (SSSR count). The van der Waals surface area contributed by atoms with E-state index in [1.165, 1.54) is 25.1 Å². The van der Waals surface area contributed by atoms with E-state index in [4.69, 9.17) is 0 Å². The molecule has 5 nitrogen and oxygen atoms in total. The van der Waals surface area contributed by atoms with E-state index in [1.807, 2.05) is 0 Å². The number of carboxylic acids is 1. The first-order valence-corrected chi connectivity index (χ1v) is 8.62. The Morgan fingerprint density at radius 1 is 1.23 bits per heavy atom. The van der Waals surface area contributed by atoms with Gasteiger partial charge in [-0.25, -0.2) is 4.79 Å². The van der Waals surface area contributed by atoms with Crippen molar-refractivity contribution >= 4 is 34.3 Å². The first-order valence-electron chi connectivity index (χ1n) is 7.63. The van der Waals surface area contributed by atoms with Crippen molar-refractivity contribution in [3.8, 4) is 0 Å². The Balaban J connectivity index is 2.14. The van der Waals surface area contributed by atoms with E-state index in [-0.39, 0.29) is 23.8 Å². The van der Waals surface area contributed by atoms with E-state index in [0.29, 0.717) is 11.1 Å². The van der Waals surface area contributed by atoms with Crippen molar-refractivity contribution in [2.45, 2.75) is 25.6 Å². The first-order chi connectivity index (χ1) is 12.1. The third-order valence-corrected chi connectivity index (χ3v) is 4.63. The van der Waals surface area contributed by atoms with E-state index < -0.39 is 29.7 Å². The summed E-state index contributed by atoms with van der Waals surface area (Å²) in [6.45, 7) is 1.36. The highest BCUT2D eigenvalue weighted by Gasteiger charge is 2.34. The van der Waals surface area contributed by atoms with Crippen LogP contribution in [0.2, 0.25) is 0 Å². The molecule has 0 unspecified atom stereocenters. The SMILES string of the molecule is CC(=O)SCCC(=O)N1CC(c2ccc(C(F)(F)F)cc2)=C[C@H]1C(=O)O. The Kier molecular flexibility index (Phi) is 6.12. The summed E-state index contributed by atoms with van der Waals surface area (Å²) in [7, 11) is 0. The Morgan fingerprint density at radius 2 is 1.85 bits per heavy atom. The van der Waals surface area contributed by atoms with Crippen LogP contribution in [0, 0.1) is 0 Å². The Bertz CT molecular complexity index is 743. The lowest BCUT2D eigenvalue weighted by molar-refractivity contribution is -0.146. The second-order valence-electron chi connectivity index (χ2n) is 5.66. The van der Waals surface area contributed by atoms with E-state index in [2.05, 4.69) is 0 Å². The average Bonchev–Trinajstić information content (AvgIpc) is 2.99. The first kappa shape index (κ1) is 20.0. The molecule has 0 fully saturated rings. The van der Waals surface area contributed by atoms with Gasteiger partial charge in [0.2, 0.25) is 5.91 Å². The van der Waals surface area contributed by atoms with E-state index in [9.17, 15) is 32.7 Å². The fraction of sp³-hybridized carbons (Fsp3) is 0.353. The van der Waals surface area contributed by atoms with Crippen molar-refractivity contribution in [1.82, 2.24) is 4.90 Å². The molecule has 140 valence electrons. The van der Waals surface area contributed by atoms with Crippen LogP contribution < -0.4 is 0 Å². The minimum absolute atomic E-state index is 0.00214. The van der Waals surface area contributed by atoms with Crippen molar-refractivity contribution in [2.24, 2.45) is 0 Å². The summed E-state index contributed by atoms with van der Waals surface area (Å²) in [6, 6.07) is 3.17. The molecular formula is C17H16F3NO4S. The van der Waals surface area contributed by atoms with Gasteiger partial charge < -0.3 is 10.0 Å². The minimum atomic E-state index is -4.46. The number of thioether (sulfide) groups is 1. The van der Waals surface area contributed by atoms with Gasteiger partial charge in [0.25, 0.3) is 0 Å². The molecule has 1 N–H and O–H groups in total. The standard InChI is InChI=1S/C17H16F3NO4S/c1-10(22)26-7-6-15(23)21-9-12(8-14(21)16(24)25)11-2-4-13(5-3-11)17(18,19)20/h2-5,8,14H,6-7,9H2,1H3,(H,24,25)/t14-/m0/s1. The zero-order chi connectivity index (χ0) is 19.5. The van der Waals surface area contributed by atoms with Crippen LogP contribution >= 0.6 is 11.8 Å². The summed E-state index contributed by atoms with van der Waals surface area (Å²) in [6.07, 6.45) is -3.09.